The largest absolute Gasteiger partial charge is 0.377 e. The van der Waals surface area contributed by atoms with E-state index in [1.807, 2.05) is 25.6 Å². The molecule has 0 aromatic carbocycles. The molecule has 1 N–H and O–H groups in total. The number of nitrogens with zero attached hydrogens (tertiary/aromatic N) is 3. The Hall–Kier alpha value is -1.36. The smallest absolute Gasteiger partial charge is 0.0900 e. The first-order valence-electron chi connectivity index (χ1n) is 5.66. The van der Waals surface area contributed by atoms with Crippen molar-refractivity contribution in [1.82, 2.24) is 14.8 Å². The number of aromatic nitrogens is 3. The molecule has 4 nitrogen and oxygen atoms in total. The molecular weight excluding hydrogens is 232 g/mol. The van der Waals surface area contributed by atoms with Crippen LogP contribution in [-0.2, 0) is 13.6 Å². The van der Waals surface area contributed by atoms with Crippen LogP contribution in [0.3, 0.4) is 0 Å². The van der Waals surface area contributed by atoms with Gasteiger partial charge in [-0.05, 0) is 27.7 Å². The van der Waals surface area contributed by atoms with Crippen LogP contribution >= 0.6 is 11.3 Å². The third kappa shape index (κ3) is 2.34. The van der Waals surface area contributed by atoms with Crippen LogP contribution in [0.4, 0.5) is 5.69 Å². The number of aryl methyl sites for hydroxylation is 4. The van der Waals surface area contributed by atoms with Gasteiger partial charge < -0.3 is 5.32 Å². The van der Waals surface area contributed by atoms with Crippen LogP contribution < -0.4 is 5.32 Å². The first-order valence-corrected chi connectivity index (χ1v) is 6.47. The monoisotopic (exact) mass is 250 g/mol. The van der Waals surface area contributed by atoms with Crippen molar-refractivity contribution in [1.29, 1.82) is 0 Å². The van der Waals surface area contributed by atoms with Gasteiger partial charge in [0.25, 0.3) is 0 Å². The Morgan fingerprint density at radius 3 is 2.35 bits per heavy atom. The quantitative estimate of drug-likeness (QED) is 0.910. The lowest BCUT2D eigenvalue weighted by molar-refractivity contribution is 0.731. The van der Waals surface area contributed by atoms with E-state index in [9.17, 15) is 0 Å². The molecule has 0 aliphatic heterocycles. The van der Waals surface area contributed by atoms with Crippen LogP contribution in [0.15, 0.2) is 0 Å². The predicted octanol–water partition coefficient (Wildman–Crippen LogP) is 2.72. The van der Waals surface area contributed by atoms with Gasteiger partial charge in [0.1, 0.15) is 0 Å². The Balaban J connectivity index is 2.15. The van der Waals surface area contributed by atoms with E-state index in [1.54, 1.807) is 11.3 Å². The number of hydrogen-bond acceptors (Lipinski definition) is 4. The van der Waals surface area contributed by atoms with Crippen LogP contribution in [0.5, 0.6) is 0 Å². The van der Waals surface area contributed by atoms with Crippen LogP contribution in [0.25, 0.3) is 0 Å². The Morgan fingerprint density at radius 1 is 1.18 bits per heavy atom. The molecule has 0 saturated carbocycles. The summed E-state index contributed by atoms with van der Waals surface area (Å²) >= 11 is 1.75. The summed E-state index contributed by atoms with van der Waals surface area (Å²) in [5.41, 5.74) is 4.47. The molecule has 17 heavy (non-hydrogen) atoms. The lowest BCUT2D eigenvalue weighted by Crippen LogP contribution is -2.01. The summed E-state index contributed by atoms with van der Waals surface area (Å²) < 4.78 is 1.91. The highest BCUT2D eigenvalue weighted by Crippen LogP contribution is 2.22. The molecule has 0 unspecified atom stereocenters. The van der Waals surface area contributed by atoms with Crippen molar-refractivity contribution in [2.24, 2.45) is 7.05 Å². The number of hydrogen-bond donors (Lipinski definition) is 1. The third-order valence-corrected chi connectivity index (χ3v) is 4.01. The predicted molar refractivity (Wildman–Crippen MR) is 71.6 cm³/mol. The van der Waals surface area contributed by atoms with Crippen LogP contribution in [-0.4, -0.2) is 14.8 Å². The molecular formula is C12H18N4S. The number of nitrogens with one attached hydrogen (secondary N) is 1. The molecule has 0 atom stereocenters. The average molecular weight is 250 g/mol. The van der Waals surface area contributed by atoms with E-state index in [-0.39, 0.29) is 0 Å². The van der Waals surface area contributed by atoms with Gasteiger partial charge in [-0.3, -0.25) is 4.68 Å². The molecule has 0 saturated heterocycles. The lowest BCUT2D eigenvalue weighted by atomic mass is 10.3. The molecule has 0 radical (unpaired) electrons. The molecule has 2 rings (SSSR count). The normalized spacial score (nSPS) is 10.9. The zero-order valence-corrected chi connectivity index (χ0v) is 11.8. The summed E-state index contributed by atoms with van der Waals surface area (Å²) in [4.78, 5) is 5.73. The Bertz CT molecular complexity index is 539. The fraction of sp³-hybridized carbons (Fsp3) is 0.500. The fourth-order valence-electron chi connectivity index (χ4n) is 1.94. The van der Waals surface area contributed by atoms with E-state index < -0.39 is 0 Å². The zero-order valence-electron chi connectivity index (χ0n) is 11.0. The first kappa shape index (κ1) is 12.1. The molecule has 92 valence electrons. The summed E-state index contributed by atoms with van der Waals surface area (Å²) in [5.74, 6) is 0. The van der Waals surface area contributed by atoms with Crippen molar-refractivity contribution >= 4 is 17.0 Å². The Kier molecular flexibility index (Phi) is 3.19. The highest BCUT2D eigenvalue weighted by molar-refractivity contribution is 7.11. The van der Waals surface area contributed by atoms with Gasteiger partial charge in [-0.15, -0.1) is 11.3 Å². The van der Waals surface area contributed by atoms with Crippen molar-refractivity contribution < 1.29 is 0 Å². The molecule has 0 spiro atoms. The summed E-state index contributed by atoms with van der Waals surface area (Å²) in [5, 5.41) is 8.98. The maximum Gasteiger partial charge on any atom is 0.0900 e. The topological polar surface area (TPSA) is 42.7 Å². The summed E-state index contributed by atoms with van der Waals surface area (Å²) in [6, 6.07) is 0. The fourth-order valence-corrected chi connectivity index (χ4v) is 2.81. The van der Waals surface area contributed by atoms with Gasteiger partial charge in [0.05, 0.1) is 34.3 Å². The van der Waals surface area contributed by atoms with E-state index in [0.29, 0.717) is 0 Å². The van der Waals surface area contributed by atoms with Gasteiger partial charge >= 0.3 is 0 Å². The first-order chi connectivity index (χ1) is 7.99. The summed E-state index contributed by atoms with van der Waals surface area (Å²) in [6.45, 7) is 9.03. The van der Waals surface area contributed by atoms with Crippen molar-refractivity contribution in [2.75, 3.05) is 5.32 Å². The lowest BCUT2D eigenvalue weighted by Gasteiger charge is -2.05. The standard InChI is InChI=1S/C12H18N4S/c1-7-11(17-10(4)14-7)6-13-12-8(2)15-16(5)9(12)3/h13H,6H2,1-5H3. The van der Waals surface area contributed by atoms with E-state index in [2.05, 4.69) is 29.2 Å². The molecule has 0 bridgehead atoms. The van der Waals surface area contributed by atoms with Gasteiger partial charge in [-0.2, -0.15) is 5.10 Å². The van der Waals surface area contributed by atoms with Crippen LogP contribution in [0.1, 0.15) is 27.0 Å². The van der Waals surface area contributed by atoms with Crippen LogP contribution in [0.2, 0.25) is 0 Å². The SMILES string of the molecule is Cc1nc(C)c(CNc2c(C)nn(C)c2C)s1. The Labute approximate surface area is 106 Å². The zero-order chi connectivity index (χ0) is 12.6. The number of anilines is 1. The molecule has 2 heterocycles. The molecule has 0 amide bonds. The van der Waals surface area contributed by atoms with E-state index in [4.69, 9.17) is 0 Å². The molecule has 5 heteroatoms. The van der Waals surface area contributed by atoms with E-state index in [1.165, 1.54) is 10.6 Å². The highest BCUT2D eigenvalue weighted by Gasteiger charge is 2.10. The maximum atomic E-state index is 4.43. The molecule has 0 aliphatic carbocycles. The maximum absolute atomic E-state index is 4.43. The van der Waals surface area contributed by atoms with Crippen molar-refractivity contribution in [3.63, 3.8) is 0 Å². The van der Waals surface area contributed by atoms with Gasteiger partial charge in [0.2, 0.25) is 0 Å². The van der Waals surface area contributed by atoms with Gasteiger partial charge in [0, 0.05) is 11.9 Å². The van der Waals surface area contributed by atoms with Gasteiger partial charge in [-0.1, -0.05) is 0 Å². The highest BCUT2D eigenvalue weighted by atomic mass is 32.1. The Morgan fingerprint density at radius 2 is 1.88 bits per heavy atom. The number of thiazole rings is 1. The minimum absolute atomic E-state index is 0.824. The van der Waals surface area contributed by atoms with Gasteiger partial charge in [-0.25, -0.2) is 4.98 Å². The summed E-state index contributed by atoms with van der Waals surface area (Å²) in [6.07, 6.45) is 0. The number of rotatable bonds is 3. The van der Waals surface area contributed by atoms with Crippen molar-refractivity contribution in [3.8, 4) is 0 Å². The van der Waals surface area contributed by atoms with Gasteiger partial charge in [0.15, 0.2) is 0 Å². The second kappa shape index (κ2) is 4.49. The minimum atomic E-state index is 0.824. The van der Waals surface area contributed by atoms with Crippen molar-refractivity contribution in [2.45, 2.75) is 34.2 Å². The van der Waals surface area contributed by atoms with Crippen LogP contribution in [0, 0.1) is 27.7 Å². The minimum Gasteiger partial charge on any atom is -0.377 e. The van der Waals surface area contributed by atoms with E-state index in [0.717, 1.165) is 28.6 Å². The van der Waals surface area contributed by atoms with Crippen molar-refractivity contribution in [3.05, 3.63) is 27.0 Å². The summed E-state index contributed by atoms with van der Waals surface area (Å²) in [7, 11) is 1.97. The molecule has 2 aromatic heterocycles. The molecule has 2 aromatic rings. The second-order valence-electron chi connectivity index (χ2n) is 4.26. The van der Waals surface area contributed by atoms with E-state index >= 15 is 0 Å². The second-order valence-corrected chi connectivity index (χ2v) is 5.55. The third-order valence-electron chi connectivity index (χ3n) is 2.93. The molecule has 0 fully saturated rings. The molecule has 0 aliphatic rings. The average Bonchev–Trinajstić information content (AvgIpc) is 2.67.